The van der Waals surface area contributed by atoms with Crippen LogP contribution < -0.4 is 10.5 Å². The second-order valence-electron chi connectivity index (χ2n) is 4.43. The van der Waals surface area contributed by atoms with Crippen LogP contribution in [-0.4, -0.2) is 13.1 Å². The highest BCUT2D eigenvalue weighted by atomic mass is 16.5. The first kappa shape index (κ1) is 13.9. The fourth-order valence-electron chi connectivity index (χ4n) is 1.81. The molecular weight excluding hydrogens is 254 g/mol. The van der Waals surface area contributed by atoms with E-state index in [1.165, 1.54) is 0 Å². The Hall–Kier alpha value is -2.49. The number of nitrogens with two attached hydrogens (primary N) is 1. The zero-order valence-corrected chi connectivity index (χ0v) is 11.3. The molecule has 2 N–H and O–H groups in total. The number of ether oxygens (including phenoxy) is 2. The van der Waals surface area contributed by atoms with Gasteiger partial charge in [-0.05, 0) is 35.4 Å². The summed E-state index contributed by atoms with van der Waals surface area (Å²) in [4.78, 5) is 11.7. The summed E-state index contributed by atoms with van der Waals surface area (Å²) in [6.45, 7) is 0.255. The highest BCUT2D eigenvalue weighted by molar-refractivity contribution is 5.73. The van der Waals surface area contributed by atoms with E-state index in [2.05, 4.69) is 0 Å². The van der Waals surface area contributed by atoms with Crippen LogP contribution in [0.5, 0.6) is 5.75 Å². The molecule has 0 radical (unpaired) electrons. The Morgan fingerprint density at radius 3 is 2.50 bits per heavy atom. The highest BCUT2D eigenvalue weighted by Gasteiger charge is 2.05. The summed E-state index contributed by atoms with van der Waals surface area (Å²) in [5, 5.41) is 0. The summed E-state index contributed by atoms with van der Waals surface area (Å²) >= 11 is 0. The number of hydrogen-bond donors (Lipinski definition) is 1. The Bertz CT molecular complexity index is 579. The summed E-state index contributed by atoms with van der Waals surface area (Å²) in [6.07, 6.45) is 0.223. The molecule has 0 aliphatic carbocycles. The maximum Gasteiger partial charge on any atom is 0.310 e. The van der Waals surface area contributed by atoms with E-state index >= 15 is 0 Å². The fourth-order valence-corrected chi connectivity index (χ4v) is 1.81. The third kappa shape index (κ3) is 4.02. The zero-order valence-electron chi connectivity index (χ0n) is 11.3. The fraction of sp³-hybridized carbons (Fsp3) is 0.188. The molecule has 4 heteroatoms. The Kier molecular flexibility index (Phi) is 4.60. The molecule has 0 aromatic heterocycles. The van der Waals surface area contributed by atoms with E-state index in [4.69, 9.17) is 15.2 Å². The summed E-state index contributed by atoms with van der Waals surface area (Å²) in [7, 11) is 1.61. The van der Waals surface area contributed by atoms with E-state index in [1.54, 1.807) is 19.2 Å². The molecule has 4 nitrogen and oxygen atoms in total. The van der Waals surface area contributed by atoms with Gasteiger partial charge in [0.15, 0.2) is 0 Å². The Labute approximate surface area is 118 Å². The number of esters is 1. The second kappa shape index (κ2) is 6.61. The average Bonchev–Trinajstić information content (AvgIpc) is 2.46. The molecule has 0 fully saturated rings. The van der Waals surface area contributed by atoms with E-state index in [-0.39, 0.29) is 19.0 Å². The third-order valence-electron chi connectivity index (χ3n) is 2.86. The predicted octanol–water partition coefficient (Wildman–Crippen LogP) is 2.56. The number of hydrogen-bond acceptors (Lipinski definition) is 4. The number of carbonyl (C=O) groups is 1. The smallest absolute Gasteiger partial charge is 0.310 e. The quantitative estimate of drug-likeness (QED) is 0.670. The van der Waals surface area contributed by atoms with Crippen molar-refractivity contribution in [2.24, 2.45) is 0 Å². The van der Waals surface area contributed by atoms with Crippen LogP contribution in [0.2, 0.25) is 0 Å². The molecule has 20 heavy (non-hydrogen) atoms. The first-order valence-electron chi connectivity index (χ1n) is 6.30. The van der Waals surface area contributed by atoms with Crippen molar-refractivity contribution in [1.29, 1.82) is 0 Å². The number of nitrogen functional groups attached to an aromatic ring is 1. The van der Waals surface area contributed by atoms with Gasteiger partial charge in [0, 0.05) is 5.69 Å². The van der Waals surface area contributed by atoms with Gasteiger partial charge in [0.25, 0.3) is 0 Å². The molecule has 0 atom stereocenters. The molecule has 0 bridgehead atoms. The minimum absolute atomic E-state index is 0.223. The lowest BCUT2D eigenvalue weighted by Crippen LogP contribution is -2.08. The van der Waals surface area contributed by atoms with Gasteiger partial charge in [0.1, 0.15) is 12.4 Å². The molecular formula is C16H17NO3. The van der Waals surface area contributed by atoms with Crippen molar-refractivity contribution in [3.63, 3.8) is 0 Å². The van der Waals surface area contributed by atoms with Crippen LogP contribution in [0.1, 0.15) is 11.1 Å². The van der Waals surface area contributed by atoms with E-state index in [9.17, 15) is 4.79 Å². The largest absolute Gasteiger partial charge is 0.497 e. The Morgan fingerprint density at radius 1 is 1.10 bits per heavy atom. The van der Waals surface area contributed by atoms with Crippen molar-refractivity contribution in [2.45, 2.75) is 13.0 Å². The van der Waals surface area contributed by atoms with Gasteiger partial charge in [-0.15, -0.1) is 0 Å². The van der Waals surface area contributed by atoms with Crippen molar-refractivity contribution in [3.05, 3.63) is 59.7 Å². The number of rotatable bonds is 5. The number of benzene rings is 2. The maximum absolute atomic E-state index is 11.7. The Morgan fingerprint density at radius 2 is 1.85 bits per heavy atom. The predicted molar refractivity (Wildman–Crippen MR) is 77.3 cm³/mol. The number of anilines is 1. The van der Waals surface area contributed by atoms with Crippen LogP contribution in [0.15, 0.2) is 48.5 Å². The van der Waals surface area contributed by atoms with Gasteiger partial charge in [-0.25, -0.2) is 0 Å². The molecule has 0 heterocycles. The normalized spacial score (nSPS) is 10.1. The molecule has 104 valence electrons. The molecule has 0 aliphatic heterocycles. The van der Waals surface area contributed by atoms with Crippen LogP contribution in [-0.2, 0) is 22.6 Å². The Balaban J connectivity index is 1.85. The number of methoxy groups -OCH3 is 1. The van der Waals surface area contributed by atoms with Crippen LogP contribution in [0.3, 0.4) is 0 Å². The summed E-state index contributed by atoms with van der Waals surface area (Å²) in [5.74, 6) is 0.506. The lowest BCUT2D eigenvalue weighted by atomic mass is 10.1. The maximum atomic E-state index is 11.7. The van der Waals surface area contributed by atoms with E-state index < -0.39 is 0 Å². The average molecular weight is 271 g/mol. The topological polar surface area (TPSA) is 61.5 Å². The summed E-state index contributed by atoms with van der Waals surface area (Å²) in [6, 6.07) is 14.6. The highest BCUT2D eigenvalue weighted by Crippen LogP contribution is 2.13. The molecule has 0 unspecified atom stereocenters. The molecule has 0 spiro atoms. The van der Waals surface area contributed by atoms with Crippen molar-refractivity contribution in [1.82, 2.24) is 0 Å². The first-order chi connectivity index (χ1) is 9.67. The van der Waals surface area contributed by atoms with Gasteiger partial charge in [-0.3, -0.25) is 4.79 Å². The van der Waals surface area contributed by atoms with Crippen molar-refractivity contribution in [3.8, 4) is 5.75 Å². The molecule has 2 aromatic rings. The standard InChI is InChI=1S/C16H17NO3/c1-19-15-7-5-12(6-8-15)11-20-16(18)10-13-3-2-4-14(17)9-13/h2-9H,10-11,17H2,1H3. The molecule has 0 saturated carbocycles. The van der Waals surface area contributed by atoms with Crippen LogP contribution in [0.25, 0.3) is 0 Å². The minimum atomic E-state index is -0.272. The van der Waals surface area contributed by atoms with Crippen molar-refractivity contribution < 1.29 is 14.3 Å². The van der Waals surface area contributed by atoms with E-state index in [0.717, 1.165) is 16.9 Å². The zero-order chi connectivity index (χ0) is 14.4. The van der Waals surface area contributed by atoms with Gasteiger partial charge < -0.3 is 15.2 Å². The first-order valence-corrected chi connectivity index (χ1v) is 6.30. The minimum Gasteiger partial charge on any atom is -0.497 e. The SMILES string of the molecule is COc1ccc(COC(=O)Cc2cccc(N)c2)cc1. The lowest BCUT2D eigenvalue weighted by molar-refractivity contribution is -0.144. The molecule has 2 rings (SSSR count). The van der Waals surface area contributed by atoms with Crippen LogP contribution >= 0.6 is 0 Å². The van der Waals surface area contributed by atoms with Crippen molar-refractivity contribution in [2.75, 3.05) is 12.8 Å². The molecule has 0 aliphatic rings. The third-order valence-corrected chi connectivity index (χ3v) is 2.86. The summed E-state index contributed by atoms with van der Waals surface area (Å²) < 4.78 is 10.3. The van der Waals surface area contributed by atoms with Gasteiger partial charge in [-0.2, -0.15) is 0 Å². The van der Waals surface area contributed by atoms with E-state index in [0.29, 0.717) is 5.69 Å². The van der Waals surface area contributed by atoms with Gasteiger partial charge >= 0.3 is 5.97 Å². The molecule has 0 saturated heterocycles. The monoisotopic (exact) mass is 271 g/mol. The molecule has 2 aromatic carbocycles. The second-order valence-corrected chi connectivity index (χ2v) is 4.43. The van der Waals surface area contributed by atoms with Gasteiger partial charge in [-0.1, -0.05) is 24.3 Å². The lowest BCUT2D eigenvalue weighted by Gasteiger charge is -2.06. The van der Waals surface area contributed by atoms with Gasteiger partial charge in [0.2, 0.25) is 0 Å². The van der Waals surface area contributed by atoms with Gasteiger partial charge in [0.05, 0.1) is 13.5 Å². The van der Waals surface area contributed by atoms with E-state index in [1.807, 2.05) is 36.4 Å². The number of carbonyl (C=O) groups excluding carboxylic acids is 1. The van der Waals surface area contributed by atoms with Crippen molar-refractivity contribution >= 4 is 11.7 Å². The van der Waals surface area contributed by atoms with Crippen LogP contribution in [0, 0.1) is 0 Å². The molecule has 0 amide bonds. The van der Waals surface area contributed by atoms with Crippen LogP contribution in [0.4, 0.5) is 5.69 Å². The summed E-state index contributed by atoms with van der Waals surface area (Å²) in [5.41, 5.74) is 8.08.